The maximum atomic E-state index is 8.83. The minimum atomic E-state index is -0.251. The van der Waals surface area contributed by atoms with Crippen LogP contribution in [0.1, 0.15) is 17.3 Å². The Hall–Kier alpha value is -2.08. The second-order valence-electron chi connectivity index (χ2n) is 3.63. The molecular formula is C12H14N2O4. The van der Waals surface area contributed by atoms with Crippen molar-refractivity contribution in [2.24, 2.45) is 0 Å². The molecular weight excluding hydrogens is 236 g/mol. The predicted octanol–water partition coefficient (Wildman–Crippen LogP) is 1.17. The lowest BCUT2D eigenvalue weighted by molar-refractivity contribution is 0.222. The number of methoxy groups -OCH3 is 2. The van der Waals surface area contributed by atoms with E-state index < -0.39 is 0 Å². The van der Waals surface area contributed by atoms with E-state index >= 15 is 0 Å². The Bertz CT molecular complexity index is 525. The Labute approximate surface area is 104 Å². The van der Waals surface area contributed by atoms with Crippen LogP contribution in [0, 0.1) is 0 Å². The molecule has 18 heavy (non-hydrogen) atoms. The van der Waals surface area contributed by atoms with Crippen molar-refractivity contribution >= 4 is 0 Å². The third kappa shape index (κ3) is 2.60. The summed E-state index contributed by atoms with van der Waals surface area (Å²) in [5.74, 6) is 2.06. The predicted molar refractivity (Wildman–Crippen MR) is 62.6 cm³/mol. The first-order chi connectivity index (χ1) is 8.76. The van der Waals surface area contributed by atoms with Gasteiger partial charge in [0.05, 0.1) is 14.2 Å². The summed E-state index contributed by atoms with van der Waals surface area (Å²) in [4.78, 5) is 4.02. The smallest absolute Gasteiger partial charge is 0.252 e. The molecule has 0 bridgehead atoms. The first-order valence-corrected chi connectivity index (χ1v) is 5.40. The van der Waals surface area contributed by atoms with Crippen molar-refractivity contribution in [3.63, 3.8) is 0 Å². The summed E-state index contributed by atoms with van der Waals surface area (Å²) in [6.45, 7) is -0.251. The Kier molecular flexibility index (Phi) is 3.78. The van der Waals surface area contributed by atoms with Crippen LogP contribution in [0.4, 0.5) is 0 Å². The van der Waals surface area contributed by atoms with E-state index in [-0.39, 0.29) is 12.5 Å². The van der Waals surface area contributed by atoms with E-state index in [9.17, 15) is 0 Å². The molecule has 0 aliphatic heterocycles. The first kappa shape index (κ1) is 12.4. The Balaban J connectivity index is 2.18. The average Bonchev–Trinajstić information content (AvgIpc) is 2.86. The molecule has 1 aromatic heterocycles. The van der Waals surface area contributed by atoms with Gasteiger partial charge >= 0.3 is 0 Å². The van der Waals surface area contributed by atoms with E-state index in [0.29, 0.717) is 23.7 Å². The van der Waals surface area contributed by atoms with E-state index in [1.165, 1.54) is 0 Å². The highest BCUT2D eigenvalue weighted by Gasteiger charge is 2.09. The number of rotatable bonds is 5. The highest BCUT2D eigenvalue weighted by Crippen LogP contribution is 2.28. The molecule has 0 atom stereocenters. The van der Waals surface area contributed by atoms with Gasteiger partial charge in [0.15, 0.2) is 17.3 Å². The Morgan fingerprint density at radius 3 is 2.61 bits per heavy atom. The van der Waals surface area contributed by atoms with Crippen molar-refractivity contribution in [3.8, 4) is 11.5 Å². The molecule has 1 heterocycles. The van der Waals surface area contributed by atoms with Crippen molar-refractivity contribution in [2.45, 2.75) is 13.0 Å². The van der Waals surface area contributed by atoms with Crippen molar-refractivity contribution < 1.29 is 19.1 Å². The third-order valence-corrected chi connectivity index (χ3v) is 2.46. The SMILES string of the molecule is COc1ccc(Cc2noc(CO)n2)cc1OC. The van der Waals surface area contributed by atoms with Crippen LogP contribution in [-0.4, -0.2) is 29.5 Å². The minimum Gasteiger partial charge on any atom is -0.493 e. The zero-order valence-corrected chi connectivity index (χ0v) is 10.2. The van der Waals surface area contributed by atoms with Crippen LogP contribution in [0.15, 0.2) is 22.7 Å². The number of benzene rings is 1. The quantitative estimate of drug-likeness (QED) is 0.858. The Morgan fingerprint density at radius 2 is 2.00 bits per heavy atom. The van der Waals surface area contributed by atoms with Crippen molar-refractivity contribution in [1.29, 1.82) is 0 Å². The van der Waals surface area contributed by atoms with Crippen LogP contribution >= 0.6 is 0 Å². The molecule has 0 saturated heterocycles. The molecule has 0 saturated carbocycles. The fourth-order valence-electron chi connectivity index (χ4n) is 1.60. The topological polar surface area (TPSA) is 77.6 Å². The summed E-state index contributed by atoms with van der Waals surface area (Å²) in [6.07, 6.45) is 0.504. The maximum Gasteiger partial charge on any atom is 0.252 e. The van der Waals surface area contributed by atoms with E-state index in [4.69, 9.17) is 19.1 Å². The molecule has 2 rings (SSSR count). The van der Waals surface area contributed by atoms with Gasteiger partial charge in [0.25, 0.3) is 5.89 Å². The fourth-order valence-corrected chi connectivity index (χ4v) is 1.60. The molecule has 0 aliphatic carbocycles. The molecule has 1 N–H and O–H groups in total. The van der Waals surface area contributed by atoms with Gasteiger partial charge in [-0.25, -0.2) is 0 Å². The van der Waals surface area contributed by atoms with Crippen LogP contribution in [0.3, 0.4) is 0 Å². The third-order valence-electron chi connectivity index (χ3n) is 2.46. The largest absolute Gasteiger partial charge is 0.493 e. The number of nitrogens with zero attached hydrogens (tertiary/aromatic N) is 2. The molecule has 6 heteroatoms. The summed E-state index contributed by atoms with van der Waals surface area (Å²) >= 11 is 0. The summed E-state index contributed by atoms with van der Waals surface area (Å²) in [5, 5.41) is 12.6. The van der Waals surface area contributed by atoms with E-state index in [1.807, 2.05) is 18.2 Å². The van der Waals surface area contributed by atoms with Gasteiger partial charge in [-0.05, 0) is 17.7 Å². The first-order valence-electron chi connectivity index (χ1n) is 5.40. The van der Waals surface area contributed by atoms with Gasteiger partial charge in [0.2, 0.25) is 0 Å². The second-order valence-corrected chi connectivity index (χ2v) is 3.63. The van der Waals surface area contributed by atoms with Gasteiger partial charge in [-0.2, -0.15) is 4.98 Å². The lowest BCUT2D eigenvalue weighted by Crippen LogP contribution is -1.95. The van der Waals surface area contributed by atoms with Crippen LogP contribution < -0.4 is 9.47 Å². The number of hydrogen-bond acceptors (Lipinski definition) is 6. The summed E-state index contributed by atoms with van der Waals surface area (Å²) < 4.78 is 15.2. The zero-order valence-electron chi connectivity index (χ0n) is 10.2. The molecule has 0 unspecified atom stereocenters. The fraction of sp³-hybridized carbons (Fsp3) is 0.333. The van der Waals surface area contributed by atoms with Crippen LogP contribution in [0.25, 0.3) is 0 Å². The minimum absolute atomic E-state index is 0.213. The lowest BCUT2D eigenvalue weighted by Gasteiger charge is -2.08. The van der Waals surface area contributed by atoms with Gasteiger partial charge < -0.3 is 19.1 Å². The normalized spacial score (nSPS) is 10.4. The zero-order chi connectivity index (χ0) is 13.0. The highest BCUT2D eigenvalue weighted by molar-refractivity contribution is 5.43. The molecule has 0 spiro atoms. The van der Waals surface area contributed by atoms with Crippen LogP contribution in [0.2, 0.25) is 0 Å². The molecule has 0 fully saturated rings. The van der Waals surface area contributed by atoms with Crippen molar-refractivity contribution in [3.05, 3.63) is 35.5 Å². The average molecular weight is 250 g/mol. The molecule has 6 nitrogen and oxygen atoms in total. The number of aromatic nitrogens is 2. The Morgan fingerprint density at radius 1 is 1.22 bits per heavy atom. The van der Waals surface area contributed by atoms with Gasteiger partial charge in [0.1, 0.15) is 6.61 Å². The van der Waals surface area contributed by atoms with Gasteiger partial charge in [-0.3, -0.25) is 0 Å². The van der Waals surface area contributed by atoms with Gasteiger partial charge in [-0.1, -0.05) is 11.2 Å². The van der Waals surface area contributed by atoms with Gasteiger partial charge in [-0.15, -0.1) is 0 Å². The maximum absolute atomic E-state index is 8.83. The van der Waals surface area contributed by atoms with Gasteiger partial charge in [0, 0.05) is 6.42 Å². The summed E-state index contributed by atoms with van der Waals surface area (Å²) in [6, 6.07) is 5.57. The number of hydrogen-bond donors (Lipinski definition) is 1. The van der Waals surface area contributed by atoms with Crippen molar-refractivity contribution in [2.75, 3.05) is 14.2 Å². The lowest BCUT2D eigenvalue weighted by atomic mass is 10.1. The standard InChI is InChI=1S/C12H14N2O4/c1-16-9-4-3-8(5-10(9)17-2)6-11-13-12(7-15)18-14-11/h3-5,15H,6-7H2,1-2H3. The summed E-state index contributed by atoms with van der Waals surface area (Å²) in [5.41, 5.74) is 0.970. The monoisotopic (exact) mass is 250 g/mol. The van der Waals surface area contributed by atoms with E-state index in [0.717, 1.165) is 5.56 Å². The molecule has 0 amide bonds. The van der Waals surface area contributed by atoms with E-state index in [1.54, 1.807) is 14.2 Å². The molecule has 1 aromatic carbocycles. The van der Waals surface area contributed by atoms with E-state index in [2.05, 4.69) is 10.1 Å². The molecule has 2 aromatic rings. The number of aliphatic hydroxyl groups is 1. The molecule has 0 aliphatic rings. The molecule has 96 valence electrons. The summed E-state index contributed by atoms with van der Waals surface area (Å²) in [7, 11) is 3.17. The molecule has 0 radical (unpaired) electrons. The van der Waals surface area contributed by atoms with Crippen molar-refractivity contribution in [1.82, 2.24) is 10.1 Å². The number of aliphatic hydroxyl groups excluding tert-OH is 1. The highest BCUT2D eigenvalue weighted by atomic mass is 16.5. The number of ether oxygens (including phenoxy) is 2. The second kappa shape index (κ2) is 5.50. The van der Waals surface area contributed by atoms with Crippen LogP contribution in [0.5, 0.6) is 11.5 Å². The van der Waals surface area contributed by atoms with Crippen LogP contribution in [-0.2, 0) is 13.0 Å².